The first kappa shape index (κ1) is 19.5. The minimum atomic E-state index is -4.35. The lowest BCUT2D eigenvalue weighted by Gasteiger charge is -2.37. The number of carbonyl (C=O) groups excluding carboxylic acids is 1. The number of halogens is 3. The van der Waals surface area contributed by atoms with Crippen LogP contribution in [0.1, 0.15) is 38.5 Å². The van der Waals surface area contributed by atoms with E-state index in [0.717, 1.165) is 32.1 Å². The van der Waals surface area contributed by atoms with Gasteiger partial charge in [0, 0.05) is 39.1 Å². The third-order valence-electron chi connectivity index (χ3n) is 5.35. The lowest BCUT2D eigenvalue weighted by Crippen LogP contribution is -2.57. The summed E-state index contributed by atoms with van der Waals surface area (Å²) in [6.45, 7) is 1.79. The minimum absolute atomic E-state index is 0.231. The fraction of sp³-hybridized carbons (Fsp3) is 0.938. The summed E-state index contributed by atoms with van der Waals surface area (Å²) in [6, 6.07) is -1.62. The van der Waals surface area contributed by atoms with Gasteiger partial charge in [0.15, 0.2) is 0 Å². The molecule has 4 N–H and O–H groups in total. The Morgan fingerprint density at radius 3 is 2.38 bits per heavy atom. The molecule has 24 heavy (non-hydrogen) atoms. The highest BCUT2D eigenvalue weighted by molar-refractivity contribution is 5.76. The highest BCUT2D eigenvalue weighted by Crippen LogP contribution is 2.38. The molecule has 0 spiro atoms. The smallest absolute Gasteiger partial charge is 0.354 e. The largest absolute Gasteiger partial charge is 0.405 e. The van der Waals surface area contributed by atoms with E-state index in [4.69, 9.17) is 5.73 Å². The Bertz CT molecular complexity index is 405. The van der Waals surface area contributed by atoms with Crippen LogP contribution in [0.15, 0.2) is 0 Å². The van der Waals surface area contributed by atoms with Crippen molar-refractivity contribution in [3.05, 3.63) is 0 Å². The SMILES string of the molecule is NCC1(CC(=O)NCC(N2CCNCC2)C(F)(F)F)CCCCC1. The van der Waals surface area contributed by atoms with Gasteiger partial charge in [-0.05, 0) is 24.8 Å². The van der Waals surface area contributed by atoms with Crippen LogP contribution in [0.25, 0.3) is 0 Å². The number of hydrogen-bond acceptors (Lipinski definition) is 4. The maximum absolute atomic E-state index is 13.3. The van der Waals surface area contributed by atoms with E-state index in [-0.39, 0.29) is 24.3 Å². The van der Waals surface area contributed by atoms with Crippen molar-refractivity contribution in [2.75, 3.05) is 39.3 Å². The minimum Gasteiger partial charge on any atom is -0.354 e. The molecule has 0 bridgehead atoms. The summed E-state index contributed by atoms with van der Waals surface area (Å²) in [5.74, 6) is -0.313. The van der Waals surface area contributed by atoms with Crippen LogP contribution in [0, 0.1) is 5.41 Å². The van der Waals surface area contributed by atoms with Gasteiger partial charge in [0.25, 0.3) is 0 Å². The van der Waals surface area contributed by atoms with Gasteiger partial charge in [-0.25, -0.2) is 0 Å². The van der Waals surface area contributed by atoms with Crippen molar-refractivity contribution < 1.29 is 18.0 Å². The number of rotatable bonds is 6. The molecule has 1 unspecified atom stereocenters. The van der Waals surface area contributed by atoms with E-state index in [1.165, 1.54) is 4.90 Å². The number of nitrogens with two attached hydrogens (primary N) is 1. The second-order valence-electron chi connectivity index (χ2n) is 7.09. The topological polar surface area (TPSA) is 70.4 Å². The van der Waals surface area contributed by atoms with E-state index in [1.54, 1.807) is 0 Å². The Hall–Kier alpha value is -0.860. The van der Waals surface area contributed by atoms with Gasteiger partial charge >= 0.3 is 6.18 Å². The van der Waals surface area contributed by atoms with Gasteiger partial charge < -0.3 is 16.4 Å². The summed E-state index contributed by atoms with van der Waals surface area (Å²) in [7, 11) is 0. The van der Waals surface area contributed by atoms with Crippen LogP contribution in [0.5, 0.6) is 0 Å². The maximum atomic E-state index is 13.3. The Balaban J connectivity index is 1.89. The molecule has 8 heteroatoms. The molecule has 2 aliphatic rings. The standard InChI is InChI=1S/C16H29F3N4O/c17-16(18,19)13(23-8-6-21-7-9-23)11-22-14(24)10-15(12-20)4-2-1-3-5-15/h13,21H,1-12,20H2,(H,22,24). The molecule has 1 aliphatic carbocycles. The number of piperazine rings is 1. The van der Waals surface area contributed by atoms with Crippen LogP contribution in [-0.2, 0) is 4.79 Å². The van der Waals surface area contributed by atoms with Crippen molar-refractivity contribution in [1.82, 2.24) is 15.5 Å². The molecular formula is C16H29F3N4O. The molecule has 0 radical (unpaired) electrons. The van der Waals surface area contributed by atoms with E-state index in [1.807, 2.05) is 0 Å². The first-order chi connectivity index (χ1) is 11.4. The van der Waals surface area contributed by atoms with Crippen LogP contribution in [0.3, 0.4) is 0 Å². The highest BCUT2D eigenvalue weighted by Gasteiger charge is 2.44. The van der Waals surface area contributed by atoms with Crippen LogP contribution in [0.2, 0.25) is 0 Å². The summed E-state index contributed by atoms with van der Waals surface area (Å²) in [5.41, 5.74) is 5.62. The van der Waals surface area contributed by atoms with Crippen molar-refractivity contribution in [2.45, 2.75) is 50.7 Å². The van der Waals surface area contributed by atoms with Crippen molar-refractivity contribution in [3.8, 4) is 0 Å². The van der Waals surface area contributed by atoms with Crippen molar-refractivity contribution in [2.24, 2.45) is 11.1 Å². The fourth-order valence-electron chi connectivity index (χ4n) is 3.81. The average Bonchev–Trinajstić information content (AvgIpc) is 2.55. The number of nitrogens with one attached hydrogen (secondary N) is 2. The normalized spacial score (nSPS) is 23.7. The van der Waals surface area contributed by atoms with E-state index < -0.39 is 12.2 Å². The van der Waals surface area contributed by atoms with Gasteiger partial charge in [-0.3, -0.25) is 9.69 Å². The maximum Gasteiger partial charge on any atom is 0.405 e. The molecule has 0 aromatic rings. The summed E-state index contributed by atoms with van der Waals surface area (Å²) in [6.07, 6.45) is 0.876. The quantitative estimate of drug-likeness (QED) is 0.674. The Morgan fingerprint density at radius 1 is 1.21 bits per heavy atom. The van der Waals surface area contributed by atoms with E-state index in [2.05, 4.69) is 10.6 Å². The lowest BCUT2D eigenvalue weighted by molar-refractivity contribution is -0.184. The summed E-state index contributed by atoms with van der Waals surface area (Å²) in [5, 5.41) is 5.56. The average molecular weight is 350 g/mol. The predicted molar refractivity (Wildman–Crippen MR) is 86.5 cm³/mol. The zero-order valence-electron chi connectivity index (χ0n) is 14.1. The molecule has 1 saturated carbocycles. The molecule has 0 aromatic carbocycles. The third kappa shape index (κ3) is 5.32. The molecule has 0 aromatic heterocycles. The first-order valence-electron chi connectivity index (χ1n) is 8.85. The van der Waals surface area contributed by atoms with Gasteiger partial charge in [0.2, 0.25) is 5.91 Å². The Morgan fingerprint density at radius 2 is 1.83 bits per heavy atom. The van der Waals surface area contributed by atoms with Gasteiger partial charge in [-0.15, -0.1) is 0 Å². The molecule has 2 fully saturated rings. The van der Waals surface area contributed by atoms with Crippen molar-refractivity contribution in [1.29, 1.82) is 0 Å². The van der Waals surface area contributed by atoms with Gasteiger partial charge in [-0.1, -0.05) is 19.3 Å². The van der Waals surface area contributed by atoms with Crippen molar-refractivity contribution >= 4 is 5.91 Å². The van der Waals surface area contributed by atoms with Gasteiger partial charge in [0.1, 0.15) is 6.04 Å². The van der Waals surface area contributed by atoms with E-state index in [9.17, 15) is 18.0 Å². The molecule has 2 rings (SSSR count). The predicted octanol–water partition coefficient (Wildman–Crippen LogP) is 1.24. The second-order valence-corrected chi connectivity index (χ2v) is 7.09. The first-order valence-corrected chi connectivity index (χ1v) is 8.85. The van der Waals surface area contributed by atoms with E-state index >= 15 is 0 Å². The monoisotopic (exact) mass is 350 g/mol. The van der Waals surface area contributed by atoms with Crippen molar-refractivity contribution in [3.63, 3.8) is 0 Å². The molecule has 1 heterocycles. The van der Waals surface area contributed by atoms with Crippen LogP contribution < -0.4 is 16.4 Å². The Kier molecular flexibility index (Phi) is 6.88. The highest BCUT2D eigenvalue weighted by atomic mass is 19.4. The summed E-state index contributed by atoms with van der Waals surface area (Å²) in [4.78, 5) is 13.6. The number of amides is 1. The van der Waals surface area contributed by atoms with Gasteiger partial charge in [-0.2, -0.15) is 13.2 Å². The second kappa shape index (κ2) is 8.49. The van der Waals surface area contributed by atoms with Gasteiger partial charge in [0.05, 0.1) is 0 Å². The van der Waals surface area contributed by atoms with Crippen LogP contribution in [-0.4, -0.2) is 62.3 Å². The fourth-order valence-corrected chi connectivity index (χ4v) is 3.81. The molecule has 1 aliphatic heterocycles. The summed E-state index contributed by atoms with van der Waals surface area (Å²) >= 11 is 0. The molecule has 140 valence electrons. The summed E-state index contributed by atoms with van der Waals surface area (Å²) < 4.78 is 40.0. The molecule has 1 amide bonds. The lowest BCUT2D eigenvalue weighted by atomic mass is 9.71. The zero-order valence-corrected chi connectivity index (χ0v) is 14.1. The van der Waals surface area contributed by atoms with Crippen LogP contribution >= 0.6 is 0 Å². The Labute approximate surface area is 141 Å². The number of alkyl halides is 3. The number of carbonyl (C=O) groups is 1. The van der Waals surface area contributed by atoms with E-state index in [0.29, 0.717) is 32.7 Å². The molecule has 1 saturated heterocycles. The molecule has 5 nitrogen and oxygen atoms in total. The third-order valence-corrected chi connectivity index (χ3v) is 5.35. The molecule has 1 atom stereocenters. The zero-order chi connectivity index (χ0) is 17.6. The number of nitrogens with zero attached hydrogens (tertiary/aromatic N) is 1. The number of hydrogen-bond donors (Lipinski definition) is 3. The van der Waals surface area contributed by atoms with Crippen LogP contribution in [0.4, 0.5) is 13.2 Å². The molecular weight excluding hydrogens is 321 g/mol.